The molecule has 1 rings (SSSR count). The van der Waals surface area contributed by atoms with E-state index in [1.165, 1.54) is 6.07 Å². The van der Waals surface area contributed by atoms with Crippen molar-refractivity contribution in [3.63, 3.8) is 0 Å². The summed E-state index contributed by atoms with van der Waals surface area (Å²) in [6.45, 7) is 0. The van der Waals surface area contributed by atoms with E-state index in [-0.39, 0.29) is 0 Å². The molecule has 0 fully saturated rings. The number of alkyl halides is 3. The Morgan fingerprint density at radius 3 is 2.29 bits per heavy atom. The minimum absolute atomic E-state index is 0.504. The predicted molar refractivity (Wildman–Crippen MR) is 40.5 cm³/mol. The van der Waals surface area contributed by atoms with Gasteiger partial charge in [-0.15, -0.1) is 0 Å². The van der Waals surface area contributed by atoms with Crippen LogP contribution in [-0.4, -0.2) is 0 Å². The van der Waals surface area contributed by atoms with Crippen molar-refractivity contribution in [2.45, 2.75) is 6.18 Å². The lowest BCUT2D eigenvalue weighted by atomic mass is 10.1. The van der Waals surface area contributed by atoms with Gasteiger partial charge < -0.3 is 5.73 Å². The van der Waals surface area contributed by atoms with Crippen LogP contribution in [0.25, 0.3) is 0 Å². The number of nitrogens with two attached hydrogens (primary N) is 1. The van der Waals surface area contributed by atoms with E-state index in [4.69, 9.17) is 11.0 Å². The number of halogens is 4. The summed E-state index contributed by atoms with van der Waals surface area (Å²) in [7, 11) is 0. The van der Waals surface area contributed by atoms with E-state index in [0.717, 1.165) is 6.07 Å². The average molecular weight is 204 g/mol. The molecule has 0 heterocycles. The van der Waals surface area contributed by atoms with Gasteiger partial charge in [0, 0.05) is 0 Å². The van der Waals surface area contributed by atoms with Crippen LogP contribution < -0.4 is 5.73 Å². The van der Waals surface area contributed by atoms with E-state index in [1.54, 1.807) is 0 Å². The summed E-state index contributed by atoms with van der Waals surface area (Å²) >= 11 is 0. The number of hydrogen-bond donors (Lipinski definition) is 1. The highest BCUT2D eigenvalue weighted by molar-refractivity contribution is 5.55. The Morgan fingerprint density at radius 2 is 1.86 bits per heavy atom. The Hall–Kier alpha value is -1.77. The molecular formula is C8H4F4N2. The third-order valence-corrected chi connectivity index (χ3v) is 1.61. The Kier molecular flexibility index (Phi) is 2.34. The zero-order valence-corrected chi connectivity index (χ0v) is 6.69. The topological polar surface area (TPSA) is 49.8 Å². The van der Waals surface area contributed by atoms with Crippen LogP contribution in [-0.2, 0) is 6.18 Å². The lowest BCUT2D eigenvalue weighted by molar-refractivity contribution is -0.137. The van der Waals surface area contributed by atoms with Gasteiger partial charge in [0.1, 0.15) is 6.07 Å². The summed E-state index contributed by atoms with van der Waals surface area (Å²) in [6.07, 6.45) is -4.71. The molecule has 0 amide bonds. The fraction of sp³-hybridized carbons (Fsp3) is 0.125. The monoisotopic (exact) mass is 204 g/mol. The number of rotatable bonds is 0. The number of nitrogens with zero attached hydrogens (tertiary/aromatic N) is 1. The quantitative estimate of drug-likeness (QED) is 0.520. The maximum Gasteiger partial charge on any atom is 0.418 e. The number of anilines is 1. The fourth-order valence-electron chi connectivity index (χ4n) is 0.926. The lowest BCUT2D eigenvalue weighted by Gasteiger charge is -2.10. The summed E-state index contributed by atoms with van der Waals surface area (Å²) in [5.74, 6) is -1.33. The number of nitrogen functional groups attached to an aromatic ring is 1. The normalized spacial score (nSPS) is 11.1. The average Bonchev–Trinajstić information content (AvgIpc) is 2.07. The SMILES string of the molecule is N#Cc1ccc(C(F)(F)F)c(N)c1F. The van der Waals surface area contributed by atoms with Gasteiger partial charge in [0.25, 0.3) is 0 Å². The van der Waals surface area contributed by atoms with Crippen molar-refractivity contribution in [3.05, 3.63) is 29.1 Å². The first-order valence-corrected chi connectivity index (χ1v) is 3.43. The standard InChI is InChI=1S/C8H4F4N2/c9-6-4(3-13)1-2-5(7(6)14)8(10,11)12/h1-2H,14H2. The highest BCUT2D eigenvalue weighted by atomic mass is 19.4. The van der Waals surface area contributed by atoms with E-state index < -0.39 is 28.8 Å². The van der Waals surface area contributed by atoms with Crippen LogP contribution in [0, 0.1) is 17.1 Å². The third kappa shape index (κ3) is 1.62. The van der Waals surface area contributed by atoms with Gasteiger partial charge in [-0.2, -0.15) is 18.4 Å². The molecule has 2 nitrogen and oxygen atoms in total. The van der Waals surface area contributed by atoms with Crippen molar-refractivity contribution >= 4 is 5.69 Å². The van der Waals surface area contributed by atoms with Crippen molar-refractivity contribution in [2.75, 3.05) is 5.73 Å². The van der Waals surface area contributed by atoms with E-state index in [9.17, 15) is 17.6 Å². The van der Waals surface area contributed by atoms with Crippen molar-refractivity contribution < 1.29 is 17.6 Å². The predicted octanol–water partition coefficient (Wildman–Crippen LogP) is 2.30. The molecule has 0 aromatic heterocycles. The van der Waals surface area contributed by atoms with Gasteiger partial charge in [-0.3, -0.25) is 0 Å². The Morgan fingerprint density at radius 1 is 1.29 bits per heavy atom. The molecule has 1 aromatic carbocycles. The van der Waals surface area contributed by atoms with Crippen LogP contribution in [0.1, 0.15) is 11.1 Å². The van der Waals surface area contributed by atoms with Gasteiger partial charge in [-0.05, 0) is 12.1 Å². The van der Waals surface area contributed by atoms with Gasteiger partial charge in [-0.25, -0.2) is 4.39 Å². The van der Waals surface area contributed by atoms with E-state index in [0.29, 0.717) is 6.07 Å². The summed E-state index contributed by atoms with van der Waals surface area (Å²) in [5, 5.41) is 8.31. The van der Waals surface area contributed by atoms with Gasteiger partial charge in [0.2, 0.25) is 0 Å². The molecule has 6 heteroatoms. The van der Waals surface area contributed by atoms with Gasteiger partial charge in [0.15, 0.2) is 5.82 Å². The molecule has 0 aliphatic carbocycles. The Labute approximate surface area is 76.6 Å². The summed E-state index contributed by atoms with van der Waals surface area (Å²) in [4.78, 5) is 0. The number of hydrogen-bond acceptors (Lipinski definition) is 2. The Bertz CT molecular complexity index is 403. The van der Waals surface area contributed by atoms with Crippen molar-refractivity contribution in [3.8, 4) is 6.07 Å². The fourth-order valence-corrected chi connectivity index (χ4v) is 0.926. The largest absolute Gasteiger partial charge is 0.418 e. The van der Waals surface area contributed by atoms with E-state index in [2.05, 4.69) is 0 Å². The molecule has 0 spiro atoms. The van der Waals surface area contributed by atoms with Gasteiger partial charge >= 0.3 is 6.18 Å². The van der Waals surface area contributed by atoms with Crippen LogP contribution in [0.15, 0.2) is 12.1 Å². The Balaban J connectivity index is 3.41. The molecule has 14 heavy (non-hydrogen) atoms. The lowest BCUT2D eigenvalue weighted by Crippen LogP contribution is -2.11. The zero-order chi connectivity index (χ0) is 10.9. The molecule has 2 N–H and O–H groups in total. The maximum absolute atomic E-state index is 12.9. The number of nitriles is 1. The highest BCUT2D eigenvalue weighted by Gasteiger charge is 2.34. The van der Waals surface area contributed by atoms with Crippen molar-refractivity contribution in [1.29, 1.82) is 5.26 Å². The molecule has 0 bridgehead atoms. The minimum Gasteiger partial charge on any atom is -0.396 e. The first kappa shape index (κ1) is 10.3. The number of benzene rings is 1. The van der Waals surface area contributed by atoms with Crippen molar-refractivity contribution in [1.82, 2.24) is 0 Å². The molecule has 0 saturated heterocycles. The first-order valence-electron chi connectivity index (χ1n) is 3.43. The summed E-state index contributed by atoms with van der Waals surface area (Å²) < 4.78 is 49.3. The molecule has 0 saturated carbocycles. The van der Waals surface area contributed by atoms with Crippen molar-refractivity contribution in [2.24, 2.45) is 0 Å². The molecule has 0 atom stereocenters. The second-order valence-corrected chi connectivity index (χ2v) is 2.50. The molecule has 0 aliphatic rings. The van der Waals surface area contributed by atoms with Crippen LogP contribution in [0.2, 0.25) is 0 Å². The summed E-state index contributed by atoms with van der Waals surface area (Å²) in [5.41, 5.74) is 2.08. The highest BCUT2D eigenvalue weighted by Crippen LogP contribution is 2.35. The van der Waals surface area contributed by atoms with Gasteiger partial charge in [-0.1, -0.05) is 0 Å². The van der Waals surface area contributed by atoms with Gasteiger partial charge in [0.05, 0.1) is 16.8 Å². The second-order valence-electron chi connectivity index (χ2n) is 2.50. The molecule has 74 valence electrons. The van der Waals surface area contributed by atoms with Crippen LogP contribution in [0.5, 0.6) is 0 Å². The smallest absolute Gasteiger partial charge is 0.396 e. The second kappa shape index (κ2) is 3.18. The van der Waals surface area contributed by atoms with Crippen LogP contribution >= 0.6 is 0 Å². The van der Waals surface area contributed by atoms with E-state index >= 15 is 0 Å². The molecule has 0 aliphatic heterocycles. The summed E-state index contributed by atoms with van der Waals surface area (Å²) in [6, 6.07) is 2.72. The molecular weight excluding hydrogens is 200 g/mol. The molecule has 0 radical (unpaired) electrons. The zero-order valence-electron chi connectivity index (χ0n) is 6.69. The molecule has 0 unspecified atom stereocenters. The molecule has 1 aromatic rings. The van der Waals surface area contributed by atoms with Crippen LogP contribution in [0.3, 0.4) is 0 Å². The minimum atomic E-state index is -4.71. The maximum atomic E-state index is 12.9. The third-order valence-electron chi connectivity index (χ3n) is 1.61. The van der Waals surface area contributed by atoms with E-state index in [1.807, 2.05) is 0 Å². The van der Waals surface area contributed by atoms with Crippen LogP contribution in [0.4, 0.5) is 23.2 Å². The first-order chi connectivity index (χ1) is 6.38.